The second-order valence-corrected chi connectivity index (χ2v) is 7.24. The van der Waals surface area contributed by atoms with Gasteiger partial charge in [0.05, 0.1) is 35.1 Å². The number of hydrogen-bond donors (Lipinski definition) is 1. The normalized spacial score (nSPS) is 14.3. The van der Waals surface area contributed by atoms with Crippen molar-refractivity contribution < 1.29 is 18.7 Å². The SMILES string of the molecule is COc1cc2c(C3=C(c4coc5ccccc45)C(=O)NC3=O)cn(C)c2cc1Cl. The van der Waals surface area contributed by atoms with Crippen LogP contribution in [0, 0.1) is 0 Å². The summed E-state index contributed by atoms with van der Waals surface area (Å²) in [5, 5.41) is 4.42. The van der Waals surface area contributed by atoms with Crippen molar-refractivity contribution in [1.82, 2.24) is 9.88 Å². The summed E-state index contributed by atoms with van der Waals surface area (Å²) in [7, 11) is 3.39. The fourth-order valence-corrected chi connectivity index (χ4v) is 4.11. The maximum absolute atomic E-state index is 12.8. The molecule has 0 atom stereocenters. The van der Waals surface area contributed by atoms with E-state index in [1.807, 2.05) is 42.1 Å². The van der Waals surface area contributed by atoms with E-state index in [-0.39, 0.29) is 0 Å². The number of ether oxygens (including phenoxy) is 1. The number of aryl methyl sites for hydroxylation is 1. The Morgan fingerprint density at radius 1 is 1.03 bits per heavy atom. The van der Waals surface area contributed by atoms with E-state index in [4.69, 9.17) is 20.8 Å². The van der Waals surface area contributed by atoms with Gasteiger partial charge in [-0.15, -0.1) is 0 Å². The second-order valence-electron chi connectivity index (χ2n) is 6.84. The molecule has 1 aliphatic rings. The summed E-state index contributed by atoms with van der Waals surface area (Å²) in [5.74, 6) is -0.404. The highest BCUT2D eigenvalue weighted by atomic mass is 35.5. The minimum absolute atomic E-state index is 0.293. The van der Waals surface area contributed by atoms with Crippen molar-refractivity contribution in [2.75, 3.05) is 7.11 Å². The van der Waals surface area contributed by atoms with Gasteiger partial charge in [0.1, 0.15) is 11.3 Å². The van der Waals surface area contributed by atoms with E-state index in [1.54, 1.807) is 12.1 Å². The molecule has 0 saturated heterocycles. The zero-order chi connectivity index (χ0) is 20.3. The van der Waals surface area contributed by atoms with Crippen LogP contribution in [0.5, 0.6) is 5.75 Å². The number of halogens is 1. The van der Waals surface area contributed by atoms with Crippen LogP contribution in [-0.4, -0.2) is 23.5 Å². The number of carbonyl (C=O) groups excluding carboxylic acids is 2. The van der Waals surface area contributed by atoms with Crippen LogP contribution >= 0.6 is 11.6 Å². The van der Waals surface area contributed by atoms with Gasteiger partial charge in [-0.3, -0.25) is 14.9 Å². The number of furan rings is 1. The Balaban J connectivity index is 1.85. The van der Waals surface area contributed by atoms with E-state index in [0.717, 1.165) is 16.3 Å². The summed E-state index contributed by atoms with van der Waals surface area (Å²) in [6.07, 6.45) is 3.33. The van der Waals surface area contributed by atoms with Gasteiger partial charge in [-0.2, -0.15) is 0 Å². The maximum Gasteiger partial charge on any atom is 0.259 e. The molecule has 1 N–H and O–H groups in total. The lowest BCUT2D eigenvalue weighted by atomic mass is 9.95. The molecule has 0 spiro atoms. The van der Waals surface area contributed by atoms with E-state index in [0.29, 0.717) is 38.6 Å². The van der Waals surface area contributed by atoms with Gasteiger partial charge in [-0.25, -0.2) is 0 Å². The Morgan fingerprint density at radius 2 is 1.76 bits per heavy atom. The average molecular weight is 407 g/mol. The van der Waals surface area contributed by atoms with E-state index in [2.05, 4.69) is 5.32 Å². The third-order valence-corrected chi connectivity index (χ3v) is 5.51. The second kappa shape index (κ2) is 6.25. The summed E-state index contributed by atoms with van der Waals surface area (Å²) in [4.78, 5) is 25.6. The monoisotopic (exact) mass is 406 g/mol. The maximum atomic E-state index is 12.8. The Morgan fingerprint density at radius 3 is 2.52 bits per heavy atom. The van der Waals surface area contributed by atoms with Gasteiger partial charge in [0.25, 0.3) is 11.8 Å². The first kappa shape index (κ1) is 17.6. The van der Waals surface area contributed by atoms with Crippen LogP contribution in [0.25, 0.3) is 33.0 Å². The van der Waals surface area contributed by atoms with Crippen LogP contribution in [0.3, 0.4) is 0 Å². The molecule has 0 fully saturated rings. The van der Waals surface area contributed by atoms with E-state index in [1.165, 1.54) is 13.4 Å². The number of nitrogens with zero attached hydrogens (tertiary/aromatic N) is 1. The Bertz CT molecular complexity index is 1380. The minimum Gasteiger partial charge on any atom is -0.495 e. The van der Waals surface area contributed by atoms with E-state index in [9.17, 15) is 9.59 Å². The van der Waals surface area contributed by atoms with Crippen molar-refractivity contribution >= 4 is 56.4 Å². The molecule has 2 amide bonds. The Hall–Kier alpha value is -3.51. The molecular weight excluding hydrogens is 392 g/mol. The number of aromatic nitrogens is 1. The number of benzene rings is 2. The highest BCUT2D eigenvalue weighted by Crippen LogP contribution is 2.40. The van der Waals surface area contributed by atoms with Crippen LogP contribution in [0.2, 0.25) is 5.02 Å². The van der Waals surface area contributed by atoms with Gasteiger partial charge in [0.15, 0.2) is 0 Å². The molecule has 0 radical (unpaired) electrons. The lowest BCUT2D eigenvalue weighted by Gasteiger charge is -2.06. The molecule has 0 bridgehead atoms. The number of carbonyl (C=O) groups is 2. The number of hydrogen-bond acceptors (Lipinski definition) is 4. The van der Waals surface area contributed by atoms with Gasteiger partial charge in [0.2, 0.25) is 0 Å². The Labute approximate surface area is 170 Å². The third-order valence-electron chi connectivity index (χ3n) is 5.21. The molecule has 2 aromatic heterocycles. The molecule has 0 aliphatic carbocycles. The molecule has 144 valence electrons. The predicted octanol–water partition coefficient (Wildman–Crippen LogP) is 4.15. The lowest BCUT2D eigenvalue weighted by molar-refractivity contribution is -0.122. The number of imide groups is 1. The van der Waals surface area contributed by atoms with Crippen molar-refractivity contribution in [2.24, 2.45) is 7.05 Å². The van der Waals surface area contributed by atoms with Gasteiger partial charge in [0, 0.05) is 35.1 Å². The lowest BCUT2D eigenvalue weighted by Crippen LogP contribution is -2.22. The number of fused-ring (bicyclic) bond motifs is 2. The third kappa shape index (κ3) is 2.49. The standard InChI is InChI=1S/C22H15ClN2O4/c1-25-9-13(12-7-18(28-2)15(23)8-16(12)25)19-20(22(27)24-21(19)26)14-10-29-17-6-4-3-5-11(14)17/h3-10H,1-2H3,(H,24,26,27). The van der Waals surface area contributed by atoms with Gasteiger partial charge >= 0.3 is 0 Å². The molecule has 5 rings (SSSR count). The van der Waals surface area contributed by atoms with Crippen molar-refractivity contribution in [3.8, 4) is 5.75 Å². The highest BCUT2D eigenvalue weighted by molar-refractivity contribution is 6.50. The van der Waals surface area contributed by atoms with Gasteiger partial charge in [-0.05, 0) is 18.2 Å². The Kier molecular flexibility index (Phi) is 3.79. The number of nitrogens with one attached hydrogen (secondary N) is 1. The van der Waals surface area contributed by atoms with Crippen LogP contribution in [-0.2, 0) is 16.6 Å². The number of para-hydroxylation sites is 1. The molecule has 0 unspecified atom stereocenters. The molecule has 2 aromatic carbocycles. The zero-order valence-electron chi connectivity index (χ0n) is 15.6. The molecule has 3 heterocycles. The first-order valence-electron chi connectivity index (χ1n) is 8.89. The largest absolute Gasteiger partial charge is 0.495 e. The van der Waals surface area contributed by atoms with Crippen LogP contribution in [0.15, 0.2) is 53.3 Å². The molecule has 29 heavy (non-hydrogen) atoms. The van der Waals surface area contributed by atoms with E-state index >= 15 is 0 Å². The number of rotatable bonds is 3. The van der Waals surface area contributed by atoms with Crippen LogP contribution in [0.1, 0.15) is 11.1 Å². The molecular formula is C22H15ClN2O4. The van der Waals surface area contributed by atoms with Crippen molar-refractivity contribution in [2.45, 2.75) is 0 Å². The van der Waals surface area contributed by atoms with Gasteiger partial charge < -0.3 is 13.7 Å². The first-order valence-corrected chi connectivity index (χ1v) is 9.27. The van der Waals surface area contributed by atoms with Crippen LogP contribution < -0.4 is 10.1 Å². The smallest absolute Gasteiger partial charge is 0.259 e. The summed E-state index contributed by atoms with van der Waals surface area (Å²) >= 11 is 6.28. The average Bonchev–Trinajstić information content (AvgIpc) is 3.34. The summed E-state index contributed by atoms with van der Waals surface area (Å²) in [6, 6.07) is 11.0. The first-order chi connectivity index (χ1) is 14.0. The van der Waals surface area contributed by atoms with E-state index < -0.39 is 11.8 Å². The molecule has 4 aromatic rings. The summed E-state index contributed by atoms with van der Waals surface area (Å²) in [5.41, 5.74) is 3.27. The fourth-order valence-electron chi connectivity index (χ4n) is 3.88. The zero-order valence-corrected chi connectivity index (χ0v) is 16.3. The molecule has 0 saturated carbocycles. The number of amides is 2. The molecule has 6 nitrogen and oxygen atoms in total. The van der Waals surface area contributed by atoms with Crippen LogP contribution in [0.4, 0.5) is 0 Å². The quantitative estimate of drug-likeness (QED) is 0.518. The molecule has 1 aliphatic heterocycles. The summed E-state index contributed by atoms with van der Waals surface area (Å²) in [6.45, 7) is 0. The molecule has 7 heteroatoms. The van der Waals surface area contributed by atoms with Crippen molar-refractivity contribution in [1.29, 1.82) is 0 Å². The predicted molar refractivity (Wildman–Crippen MR) is 111 cm³/mol. The number of methoxy groups -OCH3 is 1. The van der Waals surface area contributed by atoms with Crippen molar-refractivity contribution in [3.63, 3.8) is 0 Å². The van der Waals surface area contributed by atoms with Crippen molar-refractivity contribution in [3.05, 3.63) is 65.0 Å². The van der Waals surface area contributed by atoms with Gasteiger partial charge in [-0.1, -0.05) is 29.8 Å². The topological polar surface area (TPSA) is 73.5 Å². The summed E-state index contributed by atoms with van der Waals surface area (Å²) < 4.78 is 12.8. The minimum atomic E-state index is -0.450. The fraction of sp³-hybridized carbons (Fsp3) is 0.0909. The highest BCUT2D eigenvalue weighted by Gasteiger charge is 2.35.